The van der Waals surface area contributed by atoms with Crippen molar-refractivity contribution >= 4 is 16.8 Å². The van der Waals surface area contributed by atoms with Gasteiger partial charge in [0.15, 0.2) is 0 Å². The smallest absolute Gasteiger partial charge is 0.268 e. The van der Waals surface area contributed by atoms with Gasteiger partial charge in [0, 0.05) is 17.1 Å². The molecule has 0 saturated heterocycles. The Hall–Kier alpha value is -2.69. The lowest BCUT2D eigenvalue weighted by Crippen LogP contribution is -2.27. The number of amides is 1. The summed E-state index contributed by atoms with van der Waals surface area (Å²) >= 11 is 0. The summed E-state index contributed by atoms with van der Waals surface area (Å²) < 4.78 is 13.2. The van der Waals surface area contributed by atoms with Gasteiger partial charge < -0.3 is 10.3 Å². The van der Waals surface area contributed by atoms with Crippen molar-refractivity contribution in [3.63, 3.8) is 0 Å². The molecule has 1 atom stereocenters. The second-order valence-corrected chi connectivity index (χ2v) is 6.40. The highest BCUT2D eigenvalue weighted by Gasteiger charge is 2.24. The first-order valence-electron chi connectivity index (χ1n) is 8.15. The van der Waals surface area contributed by atoms with Crippen LogP contribution in [0.1, 0.15) is 53.5 Å². The van der Waals surface area contributed by atoms with Crippen LogP contribution in [0.5, 0.6) is 0 Å². The van der Waals surface area contributed by atoms with Gasteiger partial charge in [-0.25, -0.2) is 4.39 Å². The summed E-state index contributed by atoms with van der Waals surface area (Å²) in [7, 11) is 0. The molecular formula is C19H18FN3O. The fraction of sp³-hybridized carbons (Fsp3) is 0.263. The summed E-state index contributed by atoms with van der Waals surface area (Å²) in [5.74, 6) is 0.122. The van der Waals surface area contributed by atoms with Gasteiger partial charge in [-0.1, -0.05) is 6.07 Å². The maximum Gasteiger partial charge on any atom is 0.268 e. The van der Waals surface area contributed by atoms with Crippen molar-refractivity contribution in [1.29, 1.82) is 0 Å². The van der Waals surface area contributed by atoms with E-state index in [1.54, 1.807) is 12.1 Å². The molecular weight excluding hydrogens is 305 g/mol. The Morgan fingerprint density at radius 2 is 2.12 bits per heavy atom. The molecule has 1 aliphatic rings. The van der Waals surface area contributed by atoms with Crippen LogP contribution in [0.4, 0.5) is 4.39 Å². The van der Waals surface area contributed by atoms with Crippen LogP contribution in [0.25, 0.3) is 10.9 Å². The molecule has 1 fully saturated rings. The summed E-state index contributed by atoms with van der Waals surface area (Å²) in [6, 6.07) is 9.92. The van der Waals surface area contributed by atoms with Gasteiger partial charge in [0.25, 0.3) is 5.91 Å². The highest BCUT2D eigenvalue weighted by molar-refractivity contribution is 5.98. The molecule has 0 bridgehead atoms. The molecule has 2 N–H and O–H groups in total. The van der Waals surface area contributed by atoms with E-state index in [-0.39, 0.29) is 17.8 Å². The molecule has 0 aliphatic heterocycles. The number of aromatic amines is 1. The monoisotopic (exact) mass is 323 g/mol. The van der Waals surface area contributed by atoms with Crippen molar-refractivity contribution in [2.75, 3.05) is 0 Å². The summed E-state index contributed by atoms with van der Waals surface area (Å²) in [5, 5.41) is 3.61. The van der Waals surface area contributed by atoms with E-state index in [4.69, 9.17) is 0 Å². The first kappa shape index (κ1) is 14.9. The molecule has 2 aromatic heterocycles. The largest absolute Gasteiger partial charge is 0.351 e. The van der Waals surface area contributed by atoms with Crippen LogP contribution in [0.3, 0.4) is 0 Å². The average Bonchev–Trinajstić information content (AvgIpc) is 3.34. The van der Waals surface area contributed by atoms with Gasteiger partial charge >= 0.3 is 0 Å². The Balaban J connectivity index is 1.49. The molecule has 4 nitrogen and oxygen atoms in total. The highest BCUT2D eigenvalue weighted by Crippen LogP contribution is 2.39. The van der Waals surface area contributed by atoms with E-state index in [1.807, 2.05) is 19.2 Å². The average molecular weight is 323 g/mol. The fourth-order valence-corrected chi connectivity index (χ4v) is 2.91. The number of hydrogen-bond donors (Lipinski definition) is 2. The zero-order valence-corrected chi connectivity index (χ0v) is 13.3. The van der Waals surface area contributed by atoms with Crippen LogP contribution in [0.15, 0.2) is 42.6 Å². The Bertz CT molecular complexity index is 897. The third-order valence-corrected chi connectivity index (χ3v) is 4.48. The van der Waals surface area contributed by atoms with E-state index < -0.39 is 0 Å². The van der Waals surface area contributed by atoms with Crippen LogP contribution in [0, 0.1) is 5.82 Å². The molecule has 1 saturated carbocycles. The molecule has 0 unspecified atom stereocenters. The minimum absolute atomic E-state index is 0.200. The number of carbonyl (C=O) groups is 1. The molecule has 3 aromatic rings. The van der Waals surface area contributed by atoms with E-state index in [0.29, 0.717) is 17.0 Å². The lowest BCUT2D eigenvalue weighted by molar-refractivity contribution is 0.0935. The molecule has 5 heteroatoms. The fourth-order valence-electron chi connectivity index (χ4n) is 2.91. The third kappa shape index (κ3) is 2.89. The zero-order chi connectivity index (χ0) is 16.7. The molecule has 24 heavy (non-hydrogen) atoms. The predicted molar refractivity (Wildman–Crippen MR) is 90.3 cm³/mol. The standard InChI is InChI=1S/C19H18FN3O/c1-11(16-6-4-13(10-21-16)12-2-3-12)22-19(24)18-9-14-8-15(20)5-7-17(14)23-18/h4-12,23H,2-3H2,1H3,(H,22,24)/t11-/m1/s1. The van der Waals surface area contributed by atoms with Crippen molar-refractivity contribution in [3.05, 3.63) is 65.4 Å². The van der Waals surface area contributed by atoms with Crippen LogP contribution in [-0.4, -0.2) is 15.9 Å². The van der Waals surface area contributed by atoms with Crippen LogP contribution >= 0.6 is 0 Å². The van der Waals surface area contributed by atoms with Gasteiger partial charge in [0.2, 0.25) is 0 Å². The van der Waals surface area contributed by atoms with E-state index in [1.165, 1.54) is 30.5 Å². The van der Waals surface area contributed by atoms with Crippen molar-refractivity contribution in [1.82, 2.24) is 15.3 Å². The Kier molecular flexibility index (Phi) is 3.56. The van der Waals surface area contributed by atoms with Crippen molar-refractivity contribution in [3.8, 4) is 0 Å². The number of aromatic nitrogens is 2. The SMILES string of the molecule is C[C@@H](NC(=O)c1cc2cc(F)ccc2[nH]1)c1ccc(C2CC2)cn1. The molecule has 0 radical (unpaired) electrons. The molecule has 1 amide bonds. The minimum Gasteiger partial charge on any atom is -0.351 e. The van der Waals surface area contributed by atoms with Gasteiger partial charge in [-0.05, 0) is 61.6 Å². The summed E-state index contributed by atoms with van der Waals surface area (Å²) in [6.45, 7) is 1.90. The molecule has 4 rings (SSSR count). The Labute approximate surface area is 139 Å². The first-order valence-corrected chi connectivity index (χ1v) is 8.15. The van der Waals surface area contributed by atoms with Crippen molar-refractivity contribution in [2.45, 2.75) is 31.7 Å². The van der Waals surface area contributed by atoms with Gasteiger partial charge in [0.1, 0.15) is 11.5 Å². The maximum absolute atomic E-state index is 13.2. The second-order valence-electron chi connectivity index (χ2n) is 6.40. The van der Waals surface area contributed by atoms with E-state index in [0.717, 1.165) is 11.2 Å². The number of carbonyl (C=O) groups excluding carboxylic acids is 1. The lowest BCUT2D eigenvalue weighted by Gasteiger charge is -2.13. The second kappa shape index (κ2) is 5.74. The molecule has 1 aliphatic carbocycles. The normalized spacial score (nSPS) is 15.4. The number of rotatable bonds is 4. The van der Waals surface area contributed by atoms with E-state index in [2.05, 4.69) is 21.4 Å². The number of hydrogen-bond acceptors (Lipinski definition) is 2. The van der Waals surface area contributed by atoms with Crippen LogP contribution in [-0.2, 0) is 0 Å². The van der Waals surface area contributed by atoms with Gasteiger partial charge in [-0.15, -0.1) is 0 Å². The van der Waals surface area contributed by atoms with Crippen LogP contribution < -0.4 is 5.32 Å². The number of H-pyrrole nitrogens is 1. The van der Waals surface area contributed by atoms with Crippen molar-refractivity contribution in [2.24, 2.45) is 0 Å². The number of benzene rings is 1. The molecule has 0 spiro atoms. The van der Waals surface area contributed by atoms with Gasteiger partial charge in [-0.3, -0.25) is 9.78 Å². The molecule has 1 aromatic carbocycles. The number of nitrogens with one attached hydrogen (secondary N) is 2. The highest BCUT2D eigenvalue weighted by atomic mass is 19.1. The quantitative estimate of drug-likeness (QED) is 0.760. The molecule has 122 valence electrons. The lowest BCUT2D eigenvalue weighted by atomic mass is 10.1. The Morgan fingerprint density at radius 1 is 1.29 bits per heavy atom. The summed E-state index contributed by atoms with van der Waals surface area (Å²) in [4.78, 5) is 19.9. The first-order chi connectivity index (χ1) is 11.6. The van der Waals surface area contributed by atoms with E-state index in [9.17, 15) is 9.18 Å². The number of halogens is 1. The summed E-state index contributed by atoms with van der Waals surface area (Å²) in [6.07, 6.45) is 4.39. The number of nitrogens with zero attached hydrogens (tertiary/aromatic N) is 1. The molecule has 2 heterocycles. The maximum atomic E-state index is 13.2. The predicted octanol–water partition coefficient (Wildman–Crippen LogP) is 4.07. The van der Waals surface area contributed by atoms with E-state index >= 15 is 0 Å². The topological polar surface area (TPSA) is 57.8 Å². The minimum atomic E-state index is -0.318. The third-order valence-electron chi connectivity index (χ3n) is 4.48. The van der Waals surface area contributed by atoms with Gasteiger partial charge in [-0.2, -0.15) is 0 Å². The van der Waals surface area contributed by atoms with Crippen LogP contribution in [0.2, 0.25) is 0 Å². The number of pyridine rings is 1. The zero-order valence-electron chi connectivity index (χ0n) is 13.3. The summed E-state index contributed by atoms with van der Waals surface area (Å²) in [5.41, 5.74) is 3.25. The van der Waals surface area contributed by atoms with Gasteiger partial charge in [0.05, 0.1) is 11.7 Å². The van der Waals surface area contributed by atoms with Crippen molar-refractivity contribution < 1.29 is 9.18 Å². The number of fused-ring (bicyclic) bond motifs is 1. The Morgan fingerprint density at radius 3 is 2.83 bits per heavy atom.